The molecule has 33 heavy (non-hydrogen) atoms. The summed E-state index contributed by atoms with van der Waals surface area (Å²) in [6.07, 6.45) is 1.74. The number of nitrogens with zero attached hydrogens (tertiary/aromatic N) is 2. The van der Waals surface area contributed by atoms with Crippen molar-refractivity contribution < 1.29 is 29.3 Å². The van der Waals surface area contributed by atoms with E-state index in [1.165, 1.54) is 6.20 Å². The van der Waals surface area contributed by atoms with Crippen LogP contribution in [0, 0.1) is 12.3 Å². The number of anilines is 1. The van der Waals surface area contributed by atoms with Crippen molar-refractivity contribution in [2.75, 3.05) is 18.5 Å². The molecule has 0 saturated carbocycles. The van der Waals surface area contributed by atoms with Crippen LogP contribution in [0.2, 0.25) is 0 Å². The van der Waals surface area contributed by atoms with E-state index >= 15 is 0 Å². The van der Waals surface area contributed by atoms with Crippen LogP contribution in [-0.2, 0) is 9.47 Å². The van der Waals surface area contributed by atoms with Gasteiger partial charge < -0.3 is 25.0 Å². The van der Waals surface area contributed by atoms with E-state index in [1.807, 2.05) is 6.07 Å². The summed E-state index contributed by atoms with van der Waals surface area (Å²) < 4.78 is 11.4. The molecular formula is C22H24N4O7. The summed E-state index contributed by atoms with van der Waals surface area (Å²) >= 11 is 0. The molecule has 1 saturated heterocycles. The van der Waals surface area contributed by atoms with Crippen LogP contribution < -0.4 is 16.3 Å². The van der Waals surface area contributed by atoms with Crippen molar-refractivity contribution in [2.24, 2.45) is 0 Å². The van der Waals surface area contributed by atoms with Crippen LogP contribution in [0.25, 0.3) is 0 Å². The lowest BCUT2D eigenvalue weighted by Gasteiger charge is -2.18. The summed E-state index contributed by atoms with van der Waals surface area (Å²) in [5, 5.41) is 25.0. The molecule has 1 aromatic carbocycles. The zero-order valence-corrected chi connectivity index (χ0v) is 17.8. The molecule has 3 rings (SSSR count). The van der Waals surface area contributed by atoms with Crippen LogP contribution in [0.4, 0.5) is 10.6 Å². The van der Waals surface area contributed by atoms with Crippen molar-refractivity contribution in [1.29, 1.82) is 0 Å². The lowest BCUT2D eigenvalue weighted by Crippen LogP contribution is -2.36. The van der Waals surface area contributed by atoms with Crippen molar-refractivity contribution in [2.45, 2.75) is 37.9 Å². The average molecular weight is 456 g/mol. The Hall–Kier alpha value is -3.72. The molecule has 0 aliphatic carbocycles. The second kappa shape index (κ2) is 10.7. The van der Waals surface area contributed by atoms with E-state index in [0.29, 0.717) is 18.5 Å². The lowest BCUT2D eigenvalue weighted by molar-refractivity contribution is -0.0350. The number of benzene rings is 1. The Kier molecular flexibility index (Phi) is 7.78. The highest BCUT2D eigenvalue weighted by Gasteiger charge is 2.42. The maximum Gasteiger partial charge on any atom is 0.412 e. The predicted molar refractivity (Wildman–Crippen MR) is 116 cm³/mol. The van der Waals surface area contributed by atoms with Crippen LogP contribution in [-0.4, -0.2) is 63.2 Å². The van der Waals surface area contributed by atoms with Crippen molar-refractivity contribution in [3.8, 4) is 12.3 Å². The smallest absolute Gasteiger partial charge is 0.412 e. The number of rotatable bonds is 7. The minimum atomic E-state index is -1.35. The van der Waals surface area contributed by atoms with E-state index in [9.17, 15) is 24.6 Å². The van der Waals surface area contributed by atoms with Gasteiger partial charge in [0.15, 0.2) is 12.0 Å². The zero-order valence-electron chi connectivity index (χ0n) is 17.8. The first-order valence-electron chi connectivity index (χ1n) is 10.2. The molecular weight excluding hydrogens is 432 g/mol. The van der Waals surface area contributed by atoms with Gasteiger partial charge in [0, 0.05) is 18.3 Å². The summed E-state index contributed by atoms with van der Waals surface area (Å²) in [5.74, 6) is 1.87. The lowest BCUT2D eigenvalue weighted by atomic mass is 10.1. The molecule has 1 aliphatic rings. The van der Waals surface area contributed by atoms with Crippen LogP contribution >= 0.6 is 0 Å². The highest BCUT2D eigenvalue weighted by atomic mass is 16.6. The predicted octanol–water partition coefficient (Wildman–Crippen LogP) is 0.232. The summed E-state index contributed by atoms with van der Waals surface area (Å²) in [6, 6.07) is 8.69. The maximum atomic E-state index is 12.4. The number of carbonyl (C=O) groups is 2. The SMILES string of the molecule is C#Cc1cn([C@@H]2O[C@H](C)C(O)C2O)c(=O)nc1NC(=O)OCCCNC(=O)c1ccccc1. The Balaban J connectivity index is 1.52. The van der Waals surface area contributed by atoms with Crippen molar-refractivity contribution in [3.63, 3.8) is 0 Å². The number of carbonyl (C=O) groups excluding carboxylic acids is 2. The summed E-state index contributed by atoms with van der Waals surface area (Å²) in [7, 11) is 0. The van der Waals surface area contributed by atoms with Gasteiger partial charge in [0.25, 0.3) is 5.91 Å². The Morgan fingerprint density at radius 2 is 2.00 bits per heavy atom. The number of hydrogen-bond acceptors (Lipinski definition) is 8. The number of aromatic nitrogens is 2. The van der Waals surface area contributed by atoms with Gasteiger partial charge in [-0.25, -0.2) is 9.59 Å². The fourth-order valence-corrected chi connectivity index (χ4v) is 3.17. The molecule has 4 atom stereocenters. The molecule has 174 valence electrons. The maximum absolute atomic E-state index is 12.4. The first kappa shape index (κ1) is 23.9. The minimum absolute atomic E-state index is 0.00123. The first-order valence-corrected chi connectivity index (χ1v) is 10.2. The number of nitrogens with one attached hydrogen (secondary N) is 2. The number of hydrogen-bond donors (Lipinski definition) is 4. The Bertz CT molecular complexity index is 1100. The van der Waals surface area contributed by atoms with Crippen molar-refractivity contribution in [1.82, 2.24) is 14.9 Å². The quantitative estimate of drug-likeness (QED) is 0.341. The highest BCUT2D eigenvalue weighted by molar-refractivity contribution is 5.94. The van der Waals surface area contributed by atoms with Gasteiger partial charge >= 0.3 is 11.8 Å². The van der Waals surface area contributed by atoms with Gasteiger partial charge in [-0.15, -0.1) is 6.42 Å². The molecule has 2 amide bonds. The van der Waals surface area contributed by atoms with E-state index in [0.717, 1.165) is 4.57 Å². The molecule has 1 fully saturated rings. The van der Waals surface area contributed by atoms with Gasteiger partial charge in [-0.1, -0.05) is 24.1 Å². The topological polar surface area (TPSA) is 152 Å². The second-order valence-corrected chi connectivity index (χ2v) is 7.29. The van der Waals surface area contributed by atoms with Crippen LogP contribution in [0.15, 0.2) is 41.3 Å². The molecule has 1 aromatic heterocycles. The summed E-state index contributed by atoms with van der Waals surface area (Å²) in [5.41, 5.74) is -0.275. The van der Waals surface area contributed by atoms with Gasteiger partial charge in [-0.3, -0.25) is 14.7 Å². The number of ether oxygens (including phenoxy) is 2. The first-order chi connectivity index (χ1) is 15.8. The van der Waals surface area contributed by atoms with Gasteiger partial charge in [0.05, 0.1) is 18.3 Å². The molecule has 1 aliphatic heterocycles. The van der Waals surface area contributed by atoms with E-state index < -0.39 is 36.3 Å². The van der Waals surface area contributed by atoms with Crippen molar-refractivity contribution >= 4 is 17.8 Å². The Morgan fingerprint density at radius 1 is 1.27 bits per heavy atom. The Labute approximate surface area is 189 Å². The minimum Gasteiger partial charge on any atom is -0.449 e. The Morgan fingerprint density at radius 3 is 2.64 bits per heavy atom. The molecule has 2 unspecified atom stereocenters. The van der Waals surface area contributed by atoms with E-state index in [-0.39, 0.29) is 23.9 Å². The van der Waals surface area contributed by atoms with Gasteiger partial charge in [0.2, 0.25) is 0 Å². The molecule has 4 N–H and O–H groups in total. The van der Waals surface area contributed by atoms with Crippen LogP contribution in [0.3, 0.4) is 0 Å². The summed E-state index contributed by atoms with van der Waals surface area (Å²) in [4.78, 5) is 40.1. The molecule has 2 heterocycles. The fraction of sp³-hybridized carbons (Fsp3) is 0.364. The molecule has 11 heteroatoms. The van der Waals surface area contributed by atoms with E-state index in [2.05, 4.69) is 21.5 Å². The normalized spacial score (nSPS) is 21.8. The third kappa shape index (κ3) is 5.75. The van der Waals surface area contributed by atoms with Crippen LogP contribution in [0.5, 0.6) is 0 Å². The van der Waals surface area contributed by atoms with Crippen LogP contribution in [0.1, 0.15) is 35.5 Å². The largest absolute Gasteiger partial charge is 0.449 e. The molecule has 11 nitrogen and oxygen atoms in total. The molecule has 0 spiro atoms. The fourth-order valence-electron chi connectivity index (χ4n) is 3.17. The van der Waals surface area contributed by atoms with Crippen molar-refractivity contribution in [3.05, 3.63) is 58.1 Å². The number of terminal acetylenes is 1. The average Bonchev–Trinajstić information content (AvgIpc) is 3.06. The van der Waals surface area contributed by atoms with Gasteiger partial charge in [-0.2, -0.15) is 4.98 Å². The highest BCUT2D eigenvalue weighted by Crippen LogP contribution is 2.28. The number of amides is 2. The third-order valence-corrected chi connectivity index (χ3v) is 4.95. The molecule has 0 bridgehead atoms. The van der Waals surface area contributed by atoms with Gasteiger partial charge in [0.1, 0.15) is 12.2 Å². The molecule has 2 aromatic rings. The summed E-state index contributed by atoms with van der Waals surface area (Å²) in [6.45, 7) is 1.84. The second-order valence-electron chi connectivity index (χ2n) is 7.29. The third-order valence-electron chi connectivity index (χ3n) is 4.95. The number of aliphatic hydroxyl groups is 2. The zero-order chi connectivity index (χ0) is 24.0. The van der Waals surface area contributed by atoms with E-state index in [1.54, 1.807) is 31.2 Å². The molecule has 0 radical (unpaired) electrons. The van der Waals surface area contributed by atoms with Gasteiger partial charge in [-0.05, 0) is 25.5 Å². The monoisotopic (exact) mass is 456 g/mol. The van der Waals surface area contributed by atoms with E-state index in [4.69, 9.17) is 15.9 Å². The standard InChI is InChI=1S/C22H24N4O7/c1-3-14-12-26(20-17(28)16(27)13(2)33-20)21(30)24-18(14)25-22(31)32-11-7-10-23-19(29)15-8-5-4-6-9-15/h1,4-6,8-9,12-13,16-17,20,27-28H,7,10-11H2,2H3,(H,23,29)(H,24,25,30,31)/t13-,16?,17?,20-/m1/s1. The number of aliphatic hydroxyl groups excluding tert-OH is 2.